The van der Waals surface area contributed by atoms with E-state index >= 15 is 0 Å². The summed E-state index contributed by atoms with van der Waals surface area (Å²) in [6.45, 7) is 4.98. The van der Waals surface area contributed by atoms with Crippen LogP contribution in [-0.2, 0) is 27.9 Å². The van der Waals surface area contributed by atoms with Crippen molar-refractivity contribution in [3.8, 4) is 0 Å². The number of quaternary nitrogens is 1. The van der Waals surface area contributed by atoms with Gasteiger partial charge in [-0.25, -0.2) is 4.57 Å². The molecule has 1 N–H and O–H groups in total. The minimum Gasteiger partial charge on any atom is -0.498 e. The highest BCUT2D eigenvalue weighted by Gasteiger charge is 2.26. The molecule has 0 aliphatic carbocycles. The van der Waals surface area contributed by atoms with Crippen molar-refractivity contribution in [3.05, 3.63) is 12.3 Å². The molecule has 58 heavy (non-hydrogen) atoms. The second-order valence-electron chi connectivity index (χ2n) is 18.3. The van der Waals surface area contributed by atoms with Gasteiger partial charge in [-0.1, -0.05) is 219 Å². The van der Waals surface area contributed by atoms with Gasteiger partial charge in [0.05, 0.1) is 34.0 Å². The second-order valence-corrected chi connectivity index (χ2v) is 19.7. The fraction of sp³-hybridized carbons (Fsp3) is 0.939. The molecule has 0 aromatic carbocycles. The number of hydrogen-bond donors (Lipinski definition) is 1. The number of unbranched alkanes of at least 4 members (excludes halogenated alkanes) is 33. The van der Waals surface area contributed by atoms with E-state index in [1.807, 2.05) is 27.2 Å². The van der Waals surface area contributed by atoms with Gasteiger partial charge in [-0.15, -0.1) is 0 Å². The number of phosphoric acid groups is 1. The number of phosphoric ester groups is 1. The molecule has 2 atom stereocenters. The van der Waals surface area contributed by atoms with Crippen LogP contribution in [0.5, 0.6) is 0 Å². The summed E-state index contributed by atoms with van der Waals surface area (Å²) >= 11 is 0. The fourth-order valence-corrected chi connectivity index (χ4v) is 8.03. The van der Waals surface area contributed by atoms with Crippen molar-refractivity contribution >= 4 is 13.8 Å². The molecule has 0 radical (unpaired) electrons. The van der Waals surface area contributed by atoms with Gasteiger partial charge in [0.25, 0.3) is 0 Å². The standard InChI is InChI=1S/C49H98NO7P/c1-6-8-10-12-14-16-18-20-22-24-25-26-27-28-30-32-34-36-38-40-42-49(51)57-48(47-56-58(52,53)55-45-43-50(3,4)5)46-54-44-41-39-37-35-33-31-29-23-21-19-17-15-13-11-9-7-2/h41,44,48H,6-40,42-43,45-47H2,1-5H3/p+1/b44-41+/t48-/m1/s1. The zero-order valence-electron chi connectivity index (χ0n) is 39.3. The summed E-state index contributed by atoms with van der Waals surface area (Å²) in [4.78, 5) is 22.9. The molecule has 0 aromatic heterocycles. The molecule has 0 fully saturated rings. The number of carbonyl (C=O) groups excluding carboxylic acids is 1. The molecule has 0 aliphatic rings. The molecule has 0 rings (SSSR count). The average molecular weight is 845 g/mol. The first-order valence-corrected chi connectivity index (χ1v) is 26.5. The Kier molecular flexibility index (Phi) is 42.1. The van der Waals surface area contributed by atoms with E-state index in [4.69, 9.17) is 18.5 Å². The largest absolute Gasteiger partial charge is 0.498 e. The van der Waals surface area contributed by atoms with Crippen LogP contribution >= 0.6 is 7.82 Å². The molecule has 0 amide bonds. The molecular weight excluding hydrogens is 746 g/mol. The van der Waals surface area contributed by atoms with Gasteiger partial charge in [-0.2, -0.15) is 0 Å². The lowest BCUT2D eigenvalue weighted by molar-refractivity contribution is -0.870. The van der Waals surface area contributed by atoms with Crippen LogP contribution < -0.4 is 0 Å². The summed E-state index contributed by atoms with van der Waals surface area (Å²) in [7, 11) is 1.65. The summed E-state index contributed by atoms with van der Waals surface area (Å²) < 4.78 is 34.9. The van der Waals surface area contributed by atoms with Crippen molar-refractivity contribution in [1.82, 2.24) is 0 Å². The van der Waals surface area contributed by atoms with Crippen molar-refractivity contribution in [3.63, 3.8) is 0 Å². The van der Waals surface area contributed by atoms with E-state index in [-0.39, 0.29) is 25.8 Å². The maximum Gasteiger partial charge on any atom is 0.472 e. The van der Waals surface area contributed by atoms with Gasteiger partial charge in [0.2, 0.25) is 0 Å². The Hall–Kier alpha value is -0.920. The predicted octanol–water partition coefficient (Wildman–Crippen LogP) is 15.4. The predicted molar refractivity (Wildman–Crippen MR) is 247 cm³/mol. The molecule has 0 saturated heterocycles. The normalized spacial score (nSPS) is 13.6. The van der Waals surface area contributed by atoms with Gasteiger partial charge in [0.1, 0.15) is 19.8 Å². The summed E-state index contributed by atoms with van der Waals surface area (Å²) in [5.41, 5.74) is 0. The minimum absolute atomic E-state index is 0.0547. The summed E-state index contributed by atoms with van der Waals surface area (Å²) in [5, 5.41) is 0. The van der Waals surface area contributed by atoms with Crippen LogP contribution in [0.25, 0.3) is 0 Å². The lowest BCUT2D eigenvalue weighted by Gasteiger charge is -2.24. The Morgan fingerprint density at radius 2 is 0.897 bits per heavy atom. The summed E-state index contributed by atoms with van der Waals surface area (Å²) in [5.74, 6) is -0.329. The molecule has 0 heterocycles. The summed E-state index contributed by atoms with van der Waals surface area (Å²) in [6.07, 6.45) is 49.2. The number of likely N-dealkylation sites (N-methyl/N-ethyl adjacent to an activating group) is 1. The Morgan fingerprint density at radius 1 is 0.534 bits per heavy atom. The third kappa shape index (κ3) is 46.2. The Balaban J connectivity index is 4.15. The van der Waals surface area contributed by atoms with E-state index < -0.39 is 13.9 Å². The maximum atomic E-state index is 12.7. The highest BCUT2D eigenvalue weighted by Crippen LogP contribution is 2.43. The molecule has 1 unspecified atom stereocenters. The van der Waals surface area contributed by atoms with Gasteiger partial charge in [0, 0.05) is 6.42 Å². The highest BCUT2D eigenvalue weighted by atomic mass is 31.2. The van der Waals surface area contributed by atoms with Crippen LogP contribution in [0.2, 0.25) is 0 Å². The van der Waals surface area contributed by atoms with Gasteiger partial charge in [-0.3, -0.25) is 13.8 Å². The minimum atomic E-state index is -4.29. The topological polar surface area (TPSA) is 91.3 Å². The Morgan fingerprint density at radius 3 is 1.28 bits per heavy atom. The summed E-state index contributed by atoms with van der Waals surface area (Å²) in [6, 6.07) is 0. The zero-order chi connectivity index (χ0) is 42.7. The Labute approximate surface area is 360 Å². The monoisotopic (exact) mass is 845 g/mol. The number of ether oxygens (including phenoxy) is 2. The third-order valence-electron chi connectivity index (χ3n) is 11.2. The Bertz CT molecular complexity index is 940. The average Bonchev–Trinajstić information content (AvgIpc) is 3.18. The van der Waals surface area contributed by atoms with Gasteiger partial charge in [-0.05, 0) is 25.3 Å². The number of carbonyl (C=O) groups is 1. The van der Waals surface area contributed by atoms with Crippen LogP contribution in [0, 0.1) is 0 Å². The van der Waals surface area contributed by atoms with E-state index in [2.05, 4.69) is 13.8 Å². The molecule has 0 bridgehead atoms. The van der Waals surface area contributed by atoms with Crippen molar-refractivity contribution in [2.24, 2.45) is 0 Å². The van der Waals surface area contributed by atoms with Gasteiger partial charge in [0.15, 0.2) is 6.10 Å². The molecular formula is C49H99NO7P+. The first kappa shape index (κ1) is 57.1. The number of hydrogen-bond acceptors (Lipinski definition) is 6. The maximum absolute atomic E-state index is 12.7. The molecule has 9 heteroatoms. The van der Waals surface area contributed by atoms with Crippen LogP contribution in [0.4, 0.5) is 0 Å². The number of rotatable bonds is 47. The number of nitrogens with zero attached hydrogens (tertiary/aromatic N) is 1. The van der Waals surface area contributed by atoms with Crippen molar-refractivity contribution < 1.29 is 37.3 Å². The SMILES string of the molecule is CCCCCCCCCCCCCCCC/C=C/OC[C@H](COP(=O)(O)OCC[N+](C)(C)C)OC(=O)CCCCCCCCCCCCCCCCCCCCCC. The van der Waals surface area contributed by atoms with E-state index in [0.29, 0.717) is 17.4 Å². The quantitative estimate of drug-likeness (QED) is 0.0214. The van der Waals surface area contributed by atoms with Crippen LogP contribution in [0.1, 0.15) is 245 Å². The second kappa shape index (κ2) is 42.8. The first-order chi connectivity index (χ1) is 28.1. The molecule has 8 nitrogen and oxygen atoms in total. The van der Waals surface area contributed by atoms with Crippen LogP contribution in [-0.4, -0.2) is 69.0 Å². The van der Waals surface area contributed by atoms with E-state index in [1.54, 1.807) is 6.26 Å². The molecule has 0 aliphatic heterocycles. The third-order valence-corrected chi connectivity index (χ3v) is 12.2. The fourth-order valence-electron chi connectivity index (χ4n) is 7.29. The van der Waals surface area contributed by atoms with E-state index in [1.165, 1.54) is 193 Å². The van der Waals surface area contributed by atoms with Gasteiger partial charge < -0.3 is 18.9 Å². The van der Waals surface area contributed by atoms with E-state index in [0.717, 1.165) is 32.1 Å². The molecule has 346 valence electrons. The lowest BCUT2D eigenvalue weighted by atomic mass is 10.0. The number of allylic oxidation sites excluding steroid dienone is 1. The van der Waals surface area contributed by atoms with Crippen molar-refractivity contribution in [1.29, 1.82) is 0 Å². The molecule has 0 spiro atoms. The van der Waals surface area contributed by atoms with Crippen LogP contribution in [0.3, 0.4) is 0 Å². The molecule has 0 aromatic rings. The van der Waals surface area contributed by atoms with Gasteiger partial charge >= 0.3 is 13.8 Å². The van der Waals surface area contributed by atoms with E-state index in [9.17, 15) is 14.3 Å². The van der Waals surface area contributed by atoms with Crippen LogP contribution in [0.15, 0.2) is 12.3 Å². The first-order valence-electron chi connectivity index (χ1n) is 25.0. The highest BCUT2D eigenvalue weighted by molar-refractivity contribution is 7.47. The number of esters is 1. The lowest BCUT2D eigenvalue weighted by Crippen LogP contribution is -2.37. The van der Waals surface area contributed by atoms with Crippen molar-refractivity contribution in [2.45, 2.75) is 251 Å². The van der Waals surface area contributed by atoms with Crippen molar-refractivity contribution in [2.75, 3.05) is 47.5 Å². The molecule has 0 saturated carbocycles. The zero-order valence-corrected chi connectivity index (χ0v) is 40.2. The smallest absolute Gasteiger partial charge is 0.472 e.